The first-order chi connectivity index (χ1) is 14.8. The molecule has 4 aromatic rings. The topological polar surface area (TPSA) is 81.1 Å². The maximum atomic E-state index is 12.5. The van der Waals surface area contributed by atoms with Crippen molar-refractivity contribution in [3.8, 4) is 5.75 Å². The molecule has 1 atom stereocenters. The van der Waals surface area contributed by atoms with E-state index >= 15 is 0 Å². The van der Waals surface area contributed by atoms with Crippen molar-refractivity contribution in [2.24, 2.45) is 0 Å². The minimum absolute atomic E-state index is 0.0566. The number of hydrazine groups is 1. The number of nitrogens with zero attached hydrogens (tertiary/aromatic N) is 3. The predicted octanol–water partition coefficient (Wildman–Crippen LogP) is 3.23. The van der Waals surface area contributed by atoms with E-state index in [9.17, 15) is 4.79 Å². The van der Waals surface area contributed by atoms with Gasteiger partial charge in [-0.05, 0) is 35.9 Å². The molecule has 0 saturated heterocycles. The Labute approximate surface area is 172 Å². The molecule has 0 spiro atoms. The summed E-state index contributed by atoms with van der Waals surface area (Å²) in [4.78, 5) is 12.5. The molecule has 0 radical (unpaired) electrons. The summed E-state index contributed by atoms with van der Waals surface area (Å²) in [6, 6.07) is 25.2. The number of para-hydroxylation sites is 2. The SMILES string of the molecule is O=C(Cn1nnc2ccccc21)NNC1=C[C@H](c2ccccc2)Oc2ccccc21. The third-order valence-electron chi connectivity index (χ3n) is 4.93. The second-order valence-corrected chi connectivity index (χ2v) is 6.93. The van der Waals surface area contributed by atoms with E-state index in [1.165, 1.54) is 0 Å². The van der Waals surface area contributed by atoms with Gasteiger partial charge in [0.2, 0.25) is 0 Å². The fourth-order valence-corrected chi connectivity index (χ4v) is 3.47. The monoisotopic (exact) mass is 397 g/mol. The minimum Gasteiger partial charge on any atom is -0.481 e. The van der Waals surface area contributed by atoms with Crippen molar-refractivity contribution in [1.82, 2.24) is 25.8 Å². The van der Waals surface area contributed by atoms with Crippen LogP contribution in [0.4, 0.5) is 0 Å². The molecule has 0 aliphatic carbocycles. The van der Waals surface area contributed by atoms with Crippen molar-refractivity contribution in [2.45, 2.75) is 12.6 Å². The molecule has 5 rings (SSSR count). The van der Waals surface area contributed by atoms with Crippen LogP contribution in [0.1, 0.15) is 17.2 Å². The summed E-state index contributed by atoms with van der Waals surface area (Å²) < 4.78 is 7.71. The van der Waals surface area contributed by atoms with Gasteiger partial charge in [-0.15, -0.1) is 5.10 Å². The lowest BCUT2D eigenvalue weighted by Crippen LogP contribution is -2.39. The molecule has 7 nitrogen and oxygen atoms in total. The Bertz CT molecular complexity index is 1230. The summed E-state index contributed by atoms with van der Waals surface area (Å²) in [6.07, 6.45) is 1.71. The summed E-state index contributed by atoms with van der Waals surface area (Å²) in [5.74, 6) is 0.527. The summed E-state index contributed by atoms with van der Waals surface area (Å²) in [5.41, 5.74) is 10.1. The first-order valence-electron chi connectivity index (χ1n) is 9.64. The van der Waals surface area contributed by atoms with Gasteiger partial charge in [-0.1, -0.05) is 59.8 Å². The molecule has 1 aromatic heterocycles. The molecule has 1 aliphatic rings. The van der Waals surface area contributed by atoms with Crippen molar-refractivity contribution in [1.29, 1.82) is 0 Å². The Balaban J connectivity index is 1.34. The number of hydrogen-bond acceptors (Lipinski definition) is 5. The zero-order valence-corrected chi connectivity index (χ0v) is 16.0. The van der Waals surface area contributed by atoms with Crippen LogP contribution in [0.15, 0.2) is 84.9 Å². The van der Waals surface area contributed by atoms with E-state index in [-0.39, 0.29) is 18.6 Å². The number of ether oxygens (including phenoxy) is 1. The Hall–Kier alpha value is -4.13. The lowest BCUT2D eigenvalue weighted by molar-refractivity contribution is -0.122. The molecule has 0 fully saturated rings. The molecule has 30 heavy (non-hydrogen) atoms. The first-order valence-corrected chi connectivity index (χ1v) is 9.64. The quantitative estimate of drug-likeness (QED) is 0.506. The maximum Gasteiger partial charge on any atom is 0.260 e. The van der Waals surface area contributed by atoms with Gasteiger partial charge in [0.25, 0.3) is 5.91 Å². The van der Waals surface area contributed by atoms with Gasteiger partial charge in [-0.3, -0.25) is 15.6 Å². The minimum atomic E-state index is -0.250. The average Bonchev–Trinajstić information content (AvgIpc) is 3.20. The second kappa shape index (κ2) is 7.71. The molecule has 0 bridgehead atoms. The number of hydrogen-bond donors (Lipinski definition) is 2. The number of rotatable bonds is 5. The number of amides is 1. The number of carbonyl (C=O) groups excluding carboxylic acids is 1. The van der Waals surface area contributed by atoms with Crippen LogP contribution in [0.25, 0.3) is 16.7 Å². The third kappa shape index (κ3) is 3.48. The van der Waals surface area contributed by atoms with E-state index in [0.29, 0.717) is 0 Å². The van der Waals surface area contributed by atoms with E-state index < -0.39 is 0 Å². The van der Waals surface area contributed by atoms with Crippen molar-refractivity contribution in [3.63, 3.8) is 0 Å². The van der Waals surface area contributed by atoms with Gasteiger partial charge in [0.05, 0.1) is 11.2 Å². The summed E-state index contributed by atoms with van der Waals surface area (Å²) >= 11 is 0. The van der Waals surface area contributed by atoms with Crippen molar-refractivity contribution < 1.29 is 9.53 Å². The molecular weight excluding hydrogens is 378 g/mol. The van der Waals surface area contributed by atoms with Gasteiger partial charge in [0.15, 0.2) is 0 Å². The molecule has 2 N–H and O–H groups in total. The van der Waals surface area contributed by atoms with Crippen molar-refractivity contribution >= 4 is 22.6 Å². The third-order valence-corrected chi connectivity index (χ3v) is 4.93. The first kappa shape index (κ1) is 17.9. The van der Waals surface area contributed by atoms with Crippen LogP contribution >= 0.6 is 0 Å². The number of benzene rings is 3. The molecule has 3 aromatic carbocycles. The molecular formula is C23H19N5O2. The Morgan fingerprint density at radius 1 is 0.967 bits per heavy atom. The highest BCUT2D eigenvalue weighted by Crippen LogP contribution is 2.35. The molecule has 0 saturated carbocycles. The van der Waals surface area contributed by atoms with Crippen LogP contribution < -0.4 is 15.6 Å². The normalized spacial score (nSPS) is 15.1. The highest BCUT2D eigenvalue weighted by molar-refractivity contribution is 5.81. The number of aromatic nitrogens is 3. The molecule has 0 unspecified atom stereocenters. The van der Waals surface area contributed by atoms with E-state index in [1.807, 2.05) is 84.9 Å². The molecule has 1 amide bonds. The fraction of sp³-hybridized carbons (Fsp3) is 0.0870. The summed E-state index contributed by atoms with van der Waals surface area (Å²) in [6.45, 7) is 0.0566. The maximum absolute atomic E-state index is 12.5. The highest BCUT2D eigenvalue weighted by Gasteiger charge is 2.22. The van der Waals surface area contributed by atoms with E-state index in [2.05, 4.69) is 21.2 Å². The van der Waals surface area contributed by atoms with Gasteiger partial charge >= 0.3 is 0 Å². The number of nitrogens with one attached hydrogen (secondary N) is 2. The molecule has 1 aliphatic heterocycles. The van der Waals surface area contributed by atoms with Crippen LogP contribution in [0, 0.1) is 0 Å². The van der Waals surface area contributed by atoms with Crippen LogP contribution in [0.5, 0.6) is 5.75 Å². The van der Waals surface area contributed by atoms with Crippen LogP contribution in [0.3, 0.4) is 0 Å². The molecule has 7 heteroatoms. The molecule has 2 heterocycles. The van der Waals surface area contributed by atoms with Gasteiger partial charge in [0, 0.05) is 5.56 Å². The van der Waals surface area contributed by atoms with Crippen LogP contribution in [-0.4, -0.2) is 20.9 Å². The van der Waals surface area contributed by atoms with Gasteiger partial charge < -0.3 is 4.74 Å². The lowest BCUT2D eigenvalue weighted by atomic mass is 10.0. The second-order valence-electron chi connectivity index (χ2n) is 6.93. The zero-order valence-electron chi connectivity index (χ0n) is 16.0. The predicted molar refractivity (Wildman–Crippen MR) is 113 cm³/mol. The van der Waals surface area contributed by atoms with E-state index in [1.54, 1.807) is 4.68 Å². The van der Waals surface area contributed by atoms with Gasteiger partial charge in [0.1, 0.15) is 23.9 Å². The van der Waals surface area contributed by atoms with E-state index in [0.717, 1.165) is 33.6 Å². The number of carbonyl (C=O) groups is 1. The summed E-state index contributed by atoms with van der Waals surface area (Å²) in [7, 11) is 0. The number of fused-ring (bicyclic) bond motifs is 2. The molecule has 148 valence electrons. The van der Waals surface area contributed by atoms with E-state index in [4.69, 9.17) is 4.74 Å². The largest absolute Gasteiger partial charge is 0.481 e. The Morgan fingerprint density at radius 3 is 2.63 bits per heavy atom. The summed E-state index contributed by atoms with van der Waals surface area (Å²) in [5, 5.41) is 8.14. The van der Waals surface area contributed by atoms with Crippen LogP contribution in [-0.2, 0) is 11.3 Å². The van der Waals surface area contributed by atoms with Crippen LogP contribution in [0.2, 0.25) is 0 Å². The van der Waals surface area contributed by atoms with Crippen molar-refractivity contribution in [3.05, 3.63) is 96.1 Å². The van der Waals surface area contributed by atoms with Crippen molar-refractivity contribution in [2.75, 3.05) is 0 Å². The lowest BCUT2D eigenvalue weighted by Gasteiger charge is -2.26. The fourth-order valence-electron chi connectivity index (χ4n) is 3.47. The standard InChI is InChI=1S/C23H19N5O2/c29-23(15-28-20-12-6-5-11-18(20)25-27-28)26-24-19-14-22(16-8-2-1-3-9-16)30-21-13-7-4-10-17(19)21/h1-14,22,24H,15H2,(H,26,29)/t22-/m1/s1. The smallest absolute Gasteiger partial charge is 0.260 e. The Kier molecular flexibility index (Phi) is 4.61. The van der Waals surface area contributed by atoms with Gasteiger partial charge in [-0.2, -0.15) is 0 Å². The Morgan fingerprint density at radius 2 is 1.73 bits per heavy atom. The van der Waals surface area contributed by atoms with Gasteiger partial charge in [-0.25, -0.2) is 4.68 Å². The highest BCUT2D eigenvalue weighted by atomic mass is 16.5. The average molecular weight is 397 g/mol. The zero-order chi connectivity index (χ0) is 20.3.